The molecule has 0 aliphatic carbocycles. The lowest BCUT2D eigenvalue weighted by Gasteiger charge is -2.19. The number of fused-ring (bicyclic) bond motifs is 1. The zero-order chi connectivity index (χ0) is 22.3. The van der Waals surface area contributed by atoms with Gasteiger partial charge in [-0.05, 0) is 50.1 Å². The number of ether oxygens (including phenoxy) is 2. The largest absolute Gasteiger partial charge is 0.488 e. The highest BCUT2D eigenvalue weighted by molar-refractivity contribution is 5.70. The van der Waals surface area contributed by atoms with Crippen molar-refractivity contribution in [2.45, 2.75) is 52.0 Å². The van der Waals surface area contributed by atoms with Gasteiger partial charge in [0.15, 0.2) is 0 Å². The minimum absolute atomic E-state index is 0.0426. The Morgan fingerprint density at radius 1 is 1.27 bits per heavy atom. The van der Waals surface area contributed by atoms with Crippen molar-refractivity contribution >= 4 is 5.97 Å². The first-order chi connectivity index (χ1) is 13.9. The number of rotatable bonds is 6. The summed E-state index contributed by atoms with van der Waals surface area (Å²) in [6.07, 6.45) is -4.25. The van der Waals surface area contributed by atoms with Crippen LogP contribution in [-0.2, 0) is 30.4 Å². The molecule has 0 saturated heterocycles. The summed E-state index contributed by atoms with van der Waals surface area (Å²) in [7, 11) is 0. The van der Waals surface area contributed by atoms with E-state index in [1.807, 2.05) is 13.8 Å². The molecule has 4 nitrogen and oxygen atoms in total. The number of carboxylic acids is 1. The number of halogens is 4. The van der Waals surface area contributed by atoms with Crippen molar-refractivity contribution < 1.29 is 36.9 Å². The first-order valence-corrected chi connectivity index (χ1v) is 9.42. The molecule has 0 radical (unpaired) electrons. The van der Waals surface area contributed by atoms with Crippen LogP contribution >= 0.6 is 0 Å². The molecule has 2 aromatic rings. The van der Waals surface area contributed by atoms with E-state index in [1.54, 1.807) is 0 Å². The number of carbonyl (C=O) groups is 1. The molecule has 1 heterocycles. The third-order valence-electron chi connectivity index (χ3n) is 4.90. The number of hydrogen-bond acceptors (Lipinski definition) is 3. The van der Waals surface area contributed by atoms with Crippen molar-refractivity contribution in [3.8, 4) is 11.5 Å². The summed E-state index contributed by atoms with van der Waals surface area (Å²) < 4.78 is 65.9. The number of aliphatic carboxylic acids is 1. The molecule has 0 amide bonds. The van der Waals surface area contributed by atoms with Gasteiger partial charge in [-0.3, -0.25) is 4.79 Å². The number of alkyl halides is 3. The van der Waals surface area contributed by atoms with Crippen LogP contribution in [0.1, 0.15) is 43.0 Å². The van der Waals surface area contributed by atoms with Crippen LogP contribution in [0.3, 0.4) is 0 Å². The molecule has 3 rings (SSSR count). The van der Waals surface area contributed by atoms with E-state index in [9.17, 15) is 22.4 Å². The lowest BCUT2D eigenvalue weighted by molar-refractivity contribution is -0.141. The van der Waals surface area contributed by atoms with Gasteiger partial charge < -0.3 is 14.6 Å². The fraction of sp³-hybridized carbons (Fsp3) is 0.409. The second-order valence-corrected chi connectivity index (χ2v) is 8.15. The Morgan fingerprint density at radius 3 is 2.60 bits per heavy atom. The van der Waals surface area contributed by atoms with Crippen LogP contribution in [0.5, 0.6) is 11.5 Å². The van der Waals surface area contributed by atoms with Gasteiger partial charge >= 0.3 is 12.1 Å². The van der Waals surface area contributed by atoms with Crippen molar-refractivity contribution in [1.29, 1.82) is 0 Å². The summed E-state index contributed by atoms with van der Waals surface area (Å²) in [6, 6.07) is 6.00. The van der Waals surface area contributed by atoms with Gasteiger partial charge in [0.1, 0.15) is 29.5 Å². The van der Waals surface area contributed by atoms with E-state index in [1.165, 1.54) is 25.1 Å². The summed E-state index contributed by atoms with van der Waals surface area (Å²) in [5.41, 5.74) is -0.335. The quantitative estimate of drug-likeness (QED) is 0.629. The molecule has 1 N–H and O–H groups in total. The molecule has 2 aromatic carbocycles. The monoisotopic (exact) mass is 426 g/mol. The molecule has 0 fully saturated rings. The van der Waals surface area contributed by atoms with E-state index in [-0.39, 0.29) is 18.6 Å². The van der Waals surface area contributed by atoms with Gasteiger partial charge in [0.2, 0.25) is 0 Å². The second-order valence-electron chi connectivity index (χ2n) is 8.15. The van der Waals surface area contributed by atoms with Crippen LogP contribution in [0, 0.1) is 11.7 Å². The normalized spacial score (nSPS) is 16.0. The molecule has 0 bridgehead atoms. The first kappa shape index (κ1) is 21.9. The van der Waals surface area contributed by atoms with E-state index in [2.05, 4.69) is 0 Å². The van der Waals surface area contributed by atoms with Crippen molar-refractivity contribution in [2.24, 2.45) is 5.92 Å². The molecule has 1 atom stereocenters. The Morgan fingerprint density at radius 2 is 1.97 bits per heavy atom. The molecule has 1 unspecified atom stereocenters. The van der Waals surface area contributed by atoms with Crippen LogP contribution in [0.15, 0.2) is 30.3 Å². The van der Waals surface area contributed by atoms with E-state index < -0.39 is 40.8 Å². The zero-order valence-corrected chi connectivity index (χ0v) is 16.8. The van der Waals surface area contributed by atoms with Crippen molar-refractivity contribution in [3.05, 3.63) is 58.4 Å². The fourth-order valence-electron chi connectivity index (χ4n) is 3.50. The third-order valence-corrected chi connectivity index (χ3v) is 4.90. The molecule has 8 heteroatoms. The topological polar surface area (TPSA) is 55.8 Å². The summed E-state index contributed by atoms with van der Waals surface area (Å²) in [5, 5.41) is 8.98. The summed E-state index contributed by atoms with van der Waals surface area (Å²) >= 11 is 0. The lowest BCUT2D eigenvalue weighted by atomic mass is 9.99. The predicted molar refractivity (Wildman–Crippen MR) is 101 cm³/mol. The fourth-order valence-corrected chi connectivity index (χ4v) is 3.50. The molecule has 30 heavy (non-hydrogen) atoms. The molecule has 1 aliphatic heterocycles. The van der Waals surface area contributed by atoms with Crippen molar-refractivity contribution in [1.82, 2.24) is 0 Å². The van der Waals surface area contributed by atoms with E-state index in [0.29, 0.717) is 23.3 Å². The number of carboxylic acid groups (broad SMARTS) is 1. The van der Waals surface area contributed by atoms with Crippen LogP contribution in [-0.4, -0.2) is 16.7 Å². The standard InChI is InChI=1S/C22H22F4O4/c1-12(20(27)28)6-13-4-5-18(17(7-13)22(24,25)26)29-11-15-9-16(23)8-14-10-21(2,3)30-19(14)15/h4-5,7-9,12H,6,10-11H2,1-3H3,(H,27,28). The lowest BCUT2D eigenvalue weighted by Crippen LogP contribution is -2.25. The van der Waals surface area contributed by atoms with Gasteiger partial charge in [-0.1, -0.05) is 13.0 Å². The second kappa shape index (κ2) is 7.81. The summed E-state index contributed by atoms with van der Waals surface area (Å²) in [4.78, 5) is 11.0. The molecule has 162 valence electrons. The van der Waals surface area contributed by atoms with E-state index in [4.69, 9.17) is 14.6 Å². The smallest absolute Gasteiger partial charge is 0.419 e. The Kier molecular flexibility index (Phi) is 5.71. The average molecular weight is 426 g/mol. The minimum Gasteiger partial charge on any atom is -0.488 e. The van der Waals surface area contributed by atoms with Gasteiger partial charge in [0.25, 0.3) is 0 Å². The van der Waals surface area contributed by atoms with Crippen LogP contribution in [0.25, 0.3) is 0 Å². The first-order valence-electron chi connectivity index (χ1n) is 9.42. The van der Waals surface area contributed by atoms with Crippen LogP contribution in [0.4, 0.5) is 17.6 Å². The molecule has 1 aliphatic rings. The van der Waals surface area contributed by atoms with Crippen molar-refractivity contribution in [3.63, 3.8) is 0 Å². The van der Waals surface area contributed by atoms with Gasteiger partial charge in [0, 0.05) is 17.5 Å². The highest BCUT2D eigenvalue weighted by Gasteiger charge is 2.36. The highest BCUT2D eigenvalue weighted by Crippen LogP contribution is 2.40. The maximum absolute atomic E-state index is 14.0. The molecular formula is C22H22F4O4. The average Bonchev–Trinajstić information content (AvgIpc) is 2.93. The Balaban J connectivity index is 1.87. The SMILES string of the molecule is CC(Cc1ccc(OCc2cc(F)cc3c2OC(C)(C)C3)c(C(F)(F)F)c1)C(=O)O. The molecule has 0 saturated carbocycles. The predicted octanol–water partition coefficient (Wildman–Crippen LogP) is 5.40. The van der Waals surface area contributed by atoms with Crippen LogP contribution < -0.4 is 9.47 Å². The van der Waals surface area contributed by atoms with E-state index in [0.717, 1.165) is 12.1 Å². The van der Waals surface area contributed by atoms with E-state index >= 15 is 0 Å². The maximum Gasteiger partial charge on any atom is 0.419 e. The highest BCUT2D eigenvalue weighted by atomic mass is 19.4. The Hall–Kier alpha value is -2.77. The summed E-state index contributed by atoms with van der Waals surface area (Å²) in [6.45, 7) is 4.80. The third kappa shape index (κ3) is 4.86. The zero-order valence-electron chi connectivity index (χ0n) is 16.8. The number of hydrogen-bond donors (Lipinski definition) is 1. The summed E-state index contributed by atoms with van der Waals surface area (Å²) in [5.74, 6) is -2.41. The van der Waals surface area contributed by atoms with Crippen LogP contribution in [0.2, 0.25) is 0 Å². The maximum atomic E-state index is 14.0. The van der Waals surface area contributed by atoms with Gasteiger partial charge in [-0.15, -0.1) is 0 Å². The Labute approximate surface area is 171 Å². The van der Waals surface area contributed by atoms with Gasteiger partial charge in [-0.2, -0.15) is 13.2 Å². The Bertz CT molecular complexity index is 966. The molecular weight excluding hydrogens is 404 g/mol. The molecule has 0 spiro atoms. The molecule has 0 aromatic heterocycles. The van der Waals surface area contributed by atoms with Gasteiger partial charge in [0.05, 0.1) is 11.5 Å². The van der Waals surface area contributed by atoms with Gasteiger partial charge in [-0.25, -0.2) is 4.39 Å². The van der Waals surface area contributed by atoms with Crippen molar-refractivity contribution in [2.75, 3.05) is 0 Å². The number of benzene rings is 2. The minimum atomic E-state index is -4.69.